The van der Waals surface area contributed by atoms with E-state index in [0.717, 1.165) is 15.8 Å². The van der Waals surface area contributed by atoms with Crippen LogP contribution in [-0.4, -0.2) is 19.8 Å². The van der Waals surface area contributed by atoms with Crippen LogP contribution < -0.4 is 10.4 Å². The fourth-order valence-electron chi connectivity index (χ4n) is 3.02. The molecule has 1 aliphatic rings. The third-order valence-electron chi connectivity index (χ3n) is 4.60. The second-order valence-electron chi connectivity index (χ2n) is 6.64. The topological polar surface area (TPSA) is 61.9 Å². The minimum absolute atomic E-state index is 0.293. The quantitative estimate of drug-likeness (QED) is 0.640. The first kappa shape index (κ1) is 17.0. The zero-order valence-corrected chi connectivity index (χ0v) is 16.2. The highest BCUT2D eigenvalue weighted by Gasteiger charge is 2.27. The molecule has 1 heterocycles. The van der Waals surface area contributed by atoms with E-state index in [4.69, 9.17) is 4.74 Å². The molecular weight excluding hydrogens is 396 g/mol. The third-order valence-corrected chi connectivity index (χ3v) is 5.34. The number of benzene rings is 2. The largest absolute Gasteiger partial charge is 0.488 e. The molecule has 0 bridgehead atoms. The SMILES string of the molecule is Cc1ccc(OCc2c(Br)cccc2-n2nnn(C)c2=O)c(C2CC2)c1. The molecule has 0 unspecified atom stereocenters. The standard InChI is InChI=1S/C19H19BrN4O2/c1-12-6-9-18(14(10-12)13-7-8-13)26-11-15-16(20)4-3-5-17(15)24-19(25)23(2)21-22-24/h3-6,9-10,13H,7-8,11H2,1-2H3. The summed E-state index contributed by atoms with van der Waals surface area (Å²) in [6, 6.07) is 12.0. The van der Waals surface area contributed by atoms with Gasteiger partial charge in [0.05, 0.1) is 5.69 Å². The van der Waals surface area contributed by atoms with Crippen molar-refractivity contribution in [2.45, 2.75) is 32.3 Å². The van der Waals surface area contributed by atoms with E-state index in [1.54, 1.807) is 7.05 Å². The molecule has 0 amide bonds. The Morgan fingerprint density at radius 2 is 2.04 bits per heavy atom. The van der Waals surface area contributed by atoms with E-state index in [0.29, 0.717) is 18.2 Å². The van der Waals surface area contributed by atoms with Crippen LogP contribution in [0.4, 0.5) is 0 Å². The number of aryl methyl sites for hydroxylation is 2. The molecule has 3 aromatic rings. The van der Waals surface area contributed by atoms with Crippen molar-refractivity contribution in [2.24, 2.45) is 7.05 Å². The molecule has 0 saturated heterocycles. The van der Waals surface area contributed by atoms with E-state index >= 15 is 0 Å². The van der Waals surface area contributed by atoms with Gasteiger partial charge in [-0.05, 0) is 59.9 Å². The lowest BCUT2D eigenvalue weighted by atomic mass is 10.1. The summed E-state index contributed by atoms with van der Waals surface area (Å²) in [6.07, 6.45) is 2.43. The van der Waals surface area contributed by atoms with E-state index in [-0.39, 0.29) is 5.69 Å². The molecular formula is C19H19BrN4O2. The Balaban J connectivity index is 1.68. The monoisotopic (exact) mass is 414 g/mol. The van der Waals surface area contributed by atoms with E-state index in [1.165, 1.54) is 33.3 Å². The summed E-state index contributed by atoms with van der Waals surface area (Å²) < 4.78 is 9.53. The Kier molecular flexibility index (Phi) is 4.40. The number of rotatable bonds is 5. The molecule has 134 valence electrons. The van der Waals surface area contributed by atoms with Crippen molar-refractivity contribution in [1.29, 1.82) is 0 Å². The smallest absolute Gasteiger partial charge is 0.368 e. The summed E-state index contributed by atoms with van der Waals surface area (Å²) in [5.41, 5.74) is 3.75. The Hall–Kier alpha value is -2.41. The van der Waals surface area contributed by atoms with Crippen molar-refractivity contribution in [3.05, 3.63) is 68.0 Å². The number of nitrogens with zero attached hydrogens (tertiary/aromatic N) is 4. The lowest BCUT2D eigenvalue weighted by Gasteiger charge is -2.15. The van der Waals surface area contributed by atoms with E-state index < -0.39 is 0 Å². The second kappa shape index (κ2) is 6.72. The van der Waals surface area contributed by atoms with Crippen molar-refractivity contribution in [3.8, 4) is 11.4 Å². The number of aromatic nitrogens is 4. The van der Waals surface area contributed by atoms with Crippen molar-refractivity contribution >= 4 is 15.9 Å². The molecule has 0 aliphatic heterocycles. The molecule has 1 fully saturated rings. The molecule has 1 saturated carbocycles. The van der Waals surface area contributed by atoms with Crippen LogP contribution in [0.3, 0.4) is 0 Å². The van der Waals surface area contributed by atoms with Gasteiger partial charge >= 0.3 is 5.69 Å². The summed E-state index contributed by atoms with van der Waals surface area (Å²) >= 11 is 3.57. The first-order valence-corrected chi connectivity index (χ1v) is 9.34. The van der Waals surface area contributed by atoms with Gasteiger partial charge in [-0.2, -0.15) is 9.36 Å². The molecule has 1 aliphatic carbocycles. The van der Waals surface area contributed by atoms with Crippen LogP contribution in [-0.2, 0) is 13.7 Å². The molecule has 0 N–H and O–H groups in total. The number of hydrogen-bond acceptors (Lipinski definition) is 4. The Bertz CT molecular complexity index is 1020. The highest BCUT2D eigenvalue weighted by Crippen LogP contribution is 2.44. The third kappa shape index (κ3) is 3.19. The first-order valence-electron chi connectivity index (χ1n) is 8.54. The number of ether oxygens (including phenoxy) is 1. The summed E-state index contributed by atoms with van der Waals surface area (Å²) in [5, 5.41) is 7.75. The second-order valence-corrected chi connectivity index (χ2v) is 7.49. The highest BCUT2D eigenvalue weighted by molar-refractivity contribution is 9.10. The van der Waals surface area contributed by atoms with Gasteiger partial charge in [0, 0.05) is 17.1 Å². The lowest BCUT2D eigenvalue weighted by molar-refractivity contribution is 0.301. The number of hydrogen-bond donors (Lipinski definition) is 0. The van der Waals surface area contributed by atoms with E-state index in [2.05, 4.69) is 45.4 Å². The minimum Gasteiger partial charge on any atom is -0.488 e. The van der Waals surface area contributed by atoms with Gasteiger partial charge in [-0.15, -0.1) is 0 Å². The molecule has 2 aromatic carbocycles. The molecule has 4 rings (SSSR count). The van der Waals surface area contributed by atoms with Crippen molar-refractivity contribution < 1.29 is 4.74 Å². The average molecular weight is 415 g/mol. The molecule has 1 aromatic heterocycles. The first-order chi connectivity index (χ1) is 12.5. The molecule has 0 radical (unpaired) electrons. The highest BCUT2D eigenvalue weighted by atomic mass is 79.9. The predicted octanol–water partition coefficient (Wildman–Crippen LogP) is 3.49. The summed E-state index contributed by atoms with van der Waals surface area (Å²) in [6.45, 7) is 2.44. The van der Waals surface area contributed by atoms with Gasteiger partial charge in [0.1, 0.15) is 12.4 Å². The van der Waals surface area contributed by atoms with Gasteiger partial charge < -0.3 is 4.74 Å². The minimum atomic E-state index is -0.293. The predicted molar refractivity (Wildman–Crippen MR) is 102 cm³/mol. The summed E-state index contributed by atoms with van der Waals surface area (Å²) in [4.78, 5) is 12.2. The van der Waals surface area contributed by atoms with Crippen LogP contribution in [0, 0.1) is 6.92 Å². The van der Waals surface area contributed by atoms with Crippen LogP contribution in [0.15, 0.2) is 45.7 Å². The maximum Gasteiger partial charge on any atom is 0.368 e. The van der Waals surface area contributed by atoms with Gasteiger partial charge in [0.25, 0.3) is 0 Å². The zero-order valence-electron chi connectivity index (χ0n) is 14.6. The van der Waals surface area contributed by atoms with Crippen LogP contribution in [0.25, 0.3) is 5.69 Å². The van der Waals surface area contributed by atoms with Gasteiger partial charge in [-0.3, -0.25) is 0 Å². The van der Waals surface area contributed by atoms with Crippen molar-refractivity contribution in [1.82, 2.24) is 19.8 Å². The van der Waals surface area contributed by atoms with Crippen LogP contribution >= 0.6 is 15.9 Å². The zero-order chi connectivity index (χ0) is 18.3. The van der Waals surface area contributed by atoms with E-state index in [9.17, 15) is 4.79 Å². The number of tetrazole rings is 1. The Morgan fingerprint density at radius 3 is 2.73 bits per heavy atom. The van der Waals surface area contributed by atoms with Gasteiger partial charge in [-0.1, -0.05) is 39.7 Å². The van der Waals surface area contributed by atoms with Crippen LogP contribution in [0.2, 0.25) is 0 Å². The molecule has 6 nitrogen and oxygen atoms in total. The Morgan fingerprint density at radius 1 is 1.23 bits per heavy atom. The molecule has 7 heteroatoms. The van der Waals surface area contributed by atoms with E-state index in [1.807, 2.05) is 24.3 Å². The normalized spacial score (nSPS) is 13.8. The average Bonchev–Trinajstić information content (AvgIpc) is 3.41. The van der Waals surface area contributed by atoms with Crippen LogP contribution in [0.5, 0.6) is 5.75 Å². The van der Waals surface area contributed by atoms with Gasteiger partial charge in [0.15, 0.2) is 0 Å². The summed E-state index contributed by atoms with van der Waals surface area (Å²) in [5.74, 6) is 1.51. The van der Waals surface area contributed by atoms with Gasteiger partial charge in [0.2, 0.25) is 0 Å². The molecule has 26 heavy (non-hydrogen) atoms. The number of halogens is 1. The fraction of sp³-hybridized carbons (Fsp3) is 0.316. The van der Waals surface area contributed by atoms with Crippen LogP contribution in [0.1, 0.15) is 35.4 Å². The Labute approximate surface area is 159 Å². The van der Waals surface area contributed by atoms with Gasteiger partial charge in [-0.25, -0.2) is 4.79 Å². The van der Waals surface area contributed by atoms with Crippen molar-refractivity contribution in [3.63, 3.8) is 0 Å². The van der Waals surface area contributed by atoms with Crippen molar-refractivity contribution in [2.75, 3.05) is 0 Å². The summed E-state index contributed by atoms with van der Waals surface area (Å²) in [7, 11) is 1.58. The maximum absolute atomic E-state index is 12.2. The molecule has 0 spiro atoms. The maximum atomic E-state index is 12.2. The lowest BCUT2D eigenvalue weighted by Crippen LogP contribution is -2.23. The molecule has 0 atom stereocenters. The fourth-order valence-corrected chi connectivity index (χ4v) is 3.49.